The maximum Gasteiger partial charge on any atom is 0.0939 e. The van der Waals surface area contributed by atoms with Crippen LogP contribution < -0.4 is 0 Å². The Morgan fingerprint density at radius 3 is 2.55 bits per heavy atom. The predicted octanol–water partition coefficient (Wildman–Crippen LogP) is 3.00. The van der Waals surface area contributed by atoms with Gasteiger partial charge in [-0.3, -0.25) is 0 Å². The van der Waals surface area contributed by atoms with Crippen LogP contribution in [0.15, 0.2) is 0 Å². The van der Waals surface area contributed by atoms with Gasteiger partial charge in [-0.1, -0.05) is 12.8 Å². The van der Waals surface area contributed by atoms with E-state index in [0.29, 0.717) is 5.92 Å². The van der Waals surface area contributed by atoms with E-state index >= 15 is 0 Å². The summed E-state index contributed by atoms with van der Waals surface area (Å²) in [6, 6.07) is 0. The largest absolute Gasteiger partial charge is 0.390 e. The highest BCUT2D eigenvalue weighted by molar-refractivity contribution is 7.99. The van der Waals surface area contributed by atoms with Crippen molar-refractivity contribution in [3.63, 3.8) is 0 Å². The van der Waals surface area contributed by atoms with Crippen LogP contribution in [-0.4, -0.2) is 47.6 Å². The first kappa shape index (κ1) is 15.1. The second kappa shape index (κ2) is 6.15. The van der Waals surface area contributed by atoms with E-state index in [1.807, 2.05) is 11.8 Å². The summed E-state index contributed by atoms with van der Waals surface area (Å²) in [6.45, 7) is 0.812. The first-order valence-electron chi connectivity index (χ1n) is 8.15. The minimum Gasteiger partial charge on any atom is -0.390 e. The van der Waals surface area contributed by atoms with Gasteiger partial charge in [-0.05, 0) is 55.9 Å². The zero-order chi connectivity index (χ0) is 14.1. The maximum absolute atomic E-state index is 11.0. The van der Waals surface area contributed by atoms with Gasteiger partial charge in [0, 0.05) is 13.7 Å². The number of thioether (sulfide) groups is 1. The third-order valence-electron chi connectivity index (χ3n) is 5.78. The van der Waals surface area contributed by atoms with Crippen molar-refractivity contribution >= 4 is 11.8 Å². The van der Waals surface area contributed by atoms with Crippen molar-refractivity contribution in [3.05, 3.63) is 0 Å². The average molecular weight is 300 g/mol. The zero-order valence-electron chi connectivity index (χ0n) is 12.6. The summed E-state index contributed by atoms with van der Waals surface area (Å²) < 4.78 is 11.9. The van der Waals surface area contributed by atoms with E-state index in [1.54, 1.807) is 7.11 Å². The predicted molar refractivity (Wildman–Crippen MR) is 82.2 cm³/mol. The summed E-state index contributed by atoms with van der Waals surface area (Å²) in [5.74, 6) is 2.76. The van der Waals surface area contributed by atoms with Crippen LogP contribution in [0.3, 0.4) is 0 Å². The number of aliphatic hydroxyl groups is 1. The summed E-state index contributed by atoms with van der Waals surface area (Å²) in [7, 11) is 1.78. The van der Waals surface area contributed by atoms with Crippen LogP contribution in [0.1, 0.15) is 51.4 Å². The Kier molecular flexibility index (Phi) is 4.66. The molecule has 2 aliphatic heterocycles. The van der Waals surface area contributed by atoms with Crippen LogP contribution >= 0.6 is 11.8 Å². The van der Waals surface area contributed by atoms with Crippen molar-refractivity contribution in [3.8, 4) is 0 Å². The molecule has 0 amide bonds. The van der Waals surface area contributed by atoms with Gasteiger partial charge in [0.2, 0.25) is 0 Å². The average Bonchev–Trinajstić information content (AvgIpc) is 2.97. The minimum absolute atomic E-state index is 0.0582. The number of rotatable bonds is 3. The molecule has 2 saturated heterocycles. The Balaban J connectivity index is 1.69. The molecule has 1 spiro atoms. The number of methoxy groups -OCH3 is 1. The minimum atomic E-state index is -0.314. The molecular weight excluding hydrogens is 272 g/mol. The van der Waals surface area contributed by atoms with E-state index in [1.165, 1.54) is 24.3 Å². The van der Waals surface area contributed by atoms with Gasteiger partial charge < -0.3 is 14.6 Å². The van der Waals surface area contributed by atoms with Crippen LogP contribution in [0, 0.1) is 5.92 Å². The summed E-state index contributed by atoms with van der Waals surface area (Å²) >= 11 is 2.03. The maximum atomic E-state index is 11.0. The summed E-state index contributed by atoms with van der Waals surface area (Å²) in [5, 5.41) is 11.0. The third kappa shape index (κ3) is 2.77. The standard InChI is InChI=1S/C16H28O3S/c1-18-16(5-2-3-6-16)14(17)13-4-9-19-15(12-13)7-10-20-11-8-15/h13-14,17H,2-12H2,1H3. The van der Waals surface area contributed by atoms with Gasteiger partial charge >= 0.3 is 0 Å². The van der Waals surface area contributed by atoms with Crippen molar-refractivity contribution in [2.24, 2.45) is 5.92 Å². The Labute approximate surface area is 126 Å². The molecule has 0 aromatic rings. The van der Waals surface area contributed by atoms with Crippen molar-refractivity contribution in [2.45, 2.75) is 68.7 Å². The lowest BCUT2D eigenvalue weighted by Crippen LogP contribution is -2.52. The molecule has 4 heteroatoms. The van der Waals surface area contributed by atoms with Crippen LogP contribution in [-0.2, 0) is 9.47 Å². The molecule has 1 aliphatic carbocycles. The lowest BCUT2D eigenvalue weighted by atomic mass is 9.74. The van der Waals surface area contributed by atoms with E-state index in [2.05, 4.69) is 0 Å². The highest BCUT2D eigenvalue weighted by Crippen LogP contribution is 2.45. The second-order valence-electron chi connectivity index (χ2n) is 6.82. The van der Waals surface area contributed by atoms with Gasteiger partial charge in [0.05, 0.1) is 17.3 Å². The summed E-state index contributed by atoms with van der Waals surface area (Å²) in [6.07, 6.45) is 8.43. The van der Waals surface area contributed by atoms with Gasteiger partial charge in [-0.15, -0.1) is 0 Å². The molecule has 20 heavy (non-hydrogen) atoms. The lowest BCUT2D eigenvalue weighted by molar-refractivity contribution is -0.167. The number of hydrogen-bond acceptors (Lipinski definition) is 4. The van der Waals surface area contributed by atoms with Gasteiger partial charge in [0.25, 0.3) is 0 Å². The molecule has 3 fully saturated rings. The SMILES string of the molecule is COC1(C(O)C2CCOC3(CCSCC3)C2)CCCC1. The van der Waals surface area contributed by atoms with Crippen molar-refractivity contribution < 1.29 is 14.6 Å². The highest BCUT2D eigenvalue weighted by Gasteiger charge is 2.48. The Bertz CT molecular complexity index is 316. The first-order valence-corrected chi connectivity index (χ1v) is 9.30. The molecular formula is C16H28O3S. The van der Waals surface area contributed by atoms with Crippen molar-refractivity contribution in [2.75, 3.05) is 25.2 Å². The highest BCUT2D eigenvalue weighted by atomic mass is 32.2. The normalized spacial score (nSPS) is 34.2. The van der Waals surface area contributed by atoms with Crippen LogP contribution in [0.5, 0.6) is 0 Å². The van der Waals surface area contributed by atoms with E-state index in [-0.39, 0.29) is 17.3 Å². The Morgan fingerprint density at radius 2 is 1.90 bits per heavy atom. The first-order chi connectivity index (χ1) is 9.70. The second-order valence-corrected chi connectivity index (χ2v) is 8.04. The number of hydrogen-bond donors (Lipinski definition) is 1. The summed E-state index contributed by atoms with van der Waals surface area (Å²) in [4.78, 5) is 0. The molecule has 3 nitrogen and oxygen atoms in total. The molecule has 0 radical (unpaired) electrons. The molecule has 116 valence electrons. The van der Waals surface area contributed by atoms with Gasteiger partial charge in [-0.2, -0.15) is 11.8 Å². The van der Waals surface area contributed by atoms with Crippen LogP contribution in [0.4, 0.5) is 0 Å². The third-order valence-corrected chi connectivity index (χ3v) is 6.76. The number of ether oxygens (including phenoxy) is 2. The zero-order valence-corrected chi connectivity index (χ0v) is 13.4. The molecule has 2 atom stereocenters. The monoisotopic (exact) mass is 300 g/mol. The summed E-state index contributed by atoms with van der Waals surface area (Å²) in [5.41, 5.74) is -0.213. The topological polar surface area (TPSA) is 38.7 Å². The van der Waals surface area contributed by atoms with Gasteiger partial charge in [0.1, 0.15) is 0 Å². The van der Waals surface area contributed by atoms with Crippen molar-refractivity contribution in [1.29, 1.82) is 0 Å². The van der Waals surface area contributed by atoms with E-state index in [9.17, 15) is 5.11 Å². The molecule has 0 aromatic carbocycles. The van der Waals surface area contributed by atoms with E-state index < -0.39 is 0 Å². The molecule has 0 bridgehead atoms. The Morgan fingerprint density at radius 1 is 1.20 bits per heavy atom. The smallest absolute Gasteiger partial charge is 0.0939 e. The fourth-order valence-electron chi connectivity index (χ4n) is 4.45. The Hall–Kier alpha value is 0.230. The fourth-order valence-corrected chi connectivity index (χ4v) is 5.69. The fraction of sp³-hybridized carbons (Fsp3) is 1.00. The molecule has 1 saturated carbocycles. The number of aliphatic hydroxyl groups excluding tert-OH is 1. The molecule has 3 aliphatic rings. The molecule has 0 aromatic heterocycles. The molecule has 2 heterocycles. The van der Waals surface area contributed by atoms with E-state index in [4.69, 9.17) is 9.47 Å². The lowest BCUT2D eigenvalue weighted by Gasteiger charge is -2.47. The van der Waals surface area contributed by atoms with Crippen LogP contribution in [0.2, 0.25) is 0 Å². The quantitative estimate of drug-likeness (QED) is 0.869. The van der Waals surface area contributed by atoms with Crippen molar-refractivity contribution in [1.82, 2.24) is 0 Å². The molecule has 2 unspecified atom stereocenters. The van der Waals surface area contributed by atoms with Gasteiger partial charge in [-0.25, -0.2) is 0 Å². The molecule has 3 rings (SSSR count). The molecule has 1 N–H and O–H groups in total. The van der Waals surface area contributed by atoms with E-state index in [0.717, 1.165) is 45.1 Å². The van der Waals surface area contributed by atoms with Crippen LogP contribution in [0.25, 0.3) is 0 Å². The van der Waals surface area contributed by atoms with Gasteiger partial charge in [0.15, 0.2) is 0 Å².